The fourth-order valence-corrected chi connectivity index (χ4v) is 4.74. The van der Waals surface area contributed by atoms with Crippen molar-refractivity contribution < 1.29 is 4.74 Å². The third kappa shape index (κ3) is 3.44. The van der Waals surface area contributed by atoms with Gasteiger partial charge in [-0.3, -0.25) is 14.8 Å². The van der Waals surface area contributed by atoms with Crippen LogP contribution >= 0.6 is 0 Å². The molecule has 1 aromatic heterocycles. The summed E-state index contributed by atoms with van der Waals surface area (Å²) < 4.78 is 5.51. The highest BCUT2D eigenvalue weighted by molar-refractivity contribution is 5.11. The van der Waals surface area contributed by atoms with Gasteiger partial charge in [0.2, 0.25) is 0 Å². The highest BCUT2D eigenvalue weighted by Gasteiger charge is 2.42. The van der Waals surface area contributed by atoms with E-state index in [4.69, 9.17) is 9.72 Å². The van der Waals surface area contributed by atoms with Gasteiger partial charge in [-0.05, 0) is 50.7 Å². The lowest BCUT2D eigenvalue weighted by atomic mass is 9.99. The van der Waals surface area contributed by atoms with Crippen LogP contribution in [0.4, 0.5) is 0 Å². The monoisotopic (exact) mass is 315 g/mol. The third-order valence-electron chi connectivity index (χ3n) is 5.95. The molecule has 3 aliphatic heterocycles. The number of nitrogens with zero attached hydrogens (tertiary/aromatic N) is 3. The van der Waals surface area contributed by atoms with E-state index < -0.39 is 0 Å². The normalized spacial score (nSPS) is 30.0. The number of aryl methyl sites for hydroxylation is 1. The summed E-state index contributed by atoms with van der Waals surface area (Å²) in [5.74, 6) is 0.856. The van der Waals surface area contributed by atoms with Crippen LogP contribution < -0.4 is 0 Å². The SMILES string of the molecule is Cc1cccc(CN2CC[C@@H]3[C@H]2CCN3CC2CCOCC2)n1. The minimum atomic E-state index is 0.747. The molecule has 0 unspecified atom stereocenters. The Labute approximate surface area is 139 Å². The Bertz CT molecular complexity index is 529. The standard InChI is InChI=1S/C19H29N3O/c1-15-3-2-4-17(20-15)14-22-10-6-18-19(22)5-9-21(18)13-16-7-11-23-12-8-16/h2-4,16,18-19H,5-14H2,1H3/t18-,19-/m1/s1. The molecule has 23 heavy (non-hydrogen) atoms. The van der Waals surface area contributed by atoms with Crippen molar-refractivity contribution in [2.75, 3.05) is 32.8 Å². The molecule has 0 aromatic carbocycles. The maximum Gasteiger partial charge on any atom is 0.0547 e. The van der Waals surface area contributed by atoms with Crippen LogP contribution in [0.2, 0.25) is 0 Å². The molecule has 4 rings (SSSR count). The quantitative estimate of drug-likeness (QED) is 0.853. The van der Waals surface area contributed by atoms with E-state index in [2.05, 4.69) is 34.9 Å². The van der Waals surface area contributed by atoms with Crippen LogP contribution in [0.25, 0.3) is 0 Å². The van der Waals surface area contributed by atoms with Gasteiger partial charge in [0.05, 0.1) is 5.69 Å². The molecule has 2 atom stereocenters. The molecule has 3 saturated heterocycles. The van der Waals surface area contributed by atoms with Gasteiger partial charge in [0.25, 0.3) is 0 Å². The summed E-state index contributed by atoms with van der Waals surface area (Å²) in [4.78, 5) is 10.2. The molecule has 0 amide bonds. The van der Waals surface area contributed by atoms with E-state index >= 15 is 0 Å². The van der Waals surface area contributed by atoms with Crippen molar-refractivity contribution in [3.63, 3.8) is 0 Å². The van der Waals surface area contributed by atoms with Crippen LogP contribution in [0, 0.1) is 12.8 Å². The maximum absolute atomic E-state index is 5.51. The van der Waals surface area contributed by atoms with E-state index in [1.54, 1.807) is 0 Å². The van der Waals surface area contributed by atoms with Gasteiger partial charge in [-0.15, -0.1) is 0 Å². The van der Waals surface area contributed by atoms with Crippen molar-refractivity contribution in [3.05, 3.63) is 29.6 Å². The van der Waals surface area contributed by atoms with Crippen molar-refractivity contribution in [3.8, 4) is 0 Å². The molecule has 3 aliphatic rings. The Morgan fingerprint density at radius 2 is 1.78 bits per heavy atom. The zero-order valence-electron chi connectivity index (χ0n) is 14.3. The van der Waals surface area contributed by atoms with Gasteiger partial charge in [-0.2, -0.15) is 0 Å². The van der Waals surface area contributed by atoms with Crippen molar-refractivity contribution in [2.45, 2.75) is 51.2 Å². The smallest absolute Gasteiger partial charge is 0.0547 e. The Morgan fingerprint density at radius 3 is 2.57 bits per heavy atom. The molecule has 0 saturated carbocycles. The van der Waals surface area contributed by atoms with E-state index in [1.165, 1.54) is 51.0 Å². The number of hydrogen-bond donors (Lipinski definition) is 0. The van der Waals surface area contributed by atoms with E-state index in [1.807, 2.05) is 0 Å². The van der Waals surface area contributed by atoms with Gasteiger partial charge in [0, 0.05) is 57.2 Å². The molecular formula is C19H29N3O. The molecule has 0 aliphatic carbocycles. The van der Waals surface area contributed by atoms with Crippen molar-refractivity contribution in [1.29, 1.82) is 0 Å². The number of fused-ring (bicyclic) bond motifs is 1. The second-order valence-electron chi connectivity index (χ2n) is 7.50. The van der Waals surface area contributed by atoms with Gasteiger partial charge in [0.15, 0.2) is 0 Å². The van der Waals surface area contributed by atoms with Gasteiger partial charge in [-0.25, -0.2) is 0 Å². The number of hydrogen-bond acceptors (Lipinski definition) is 4. The Hall–Kier alpha value is -0.970. The summed E-state index contributed by atoms with van der Waals surface area (Å²) in [5, 5.41) is 0. The number of rotatable bonds is 4. The minimum Gasteiger partial charge on any atom is -0.381 e. The van der Waals surface area contributed by atoms with Gasteiger partial charge < -0.3 is 4.74 Å². The topological polar surface area (TPSA) is 28.6 Å². The average molecular weight is 315 g/mol. The number of pyridine rings is 1. The van der Waals surface area contributed by atoms with E-state index in [0.717, 1.165) is 43.5 Å². The second kappa shape index (κ2) is 6.88. The molecule has 126 valence electrons. The molecule has 4 heteroatoms. The van der Waals surface area contributed by atoms with E-state index in [0.29, 0.717) is 0 Å². The molecule has 4 heterocycles. The van der Waals surface area contributed by atoms with Gasteiger partial charge in [-0.1, -0.05) is 6.07 Å². The van der Waals surface area contributed by atoms with Crippen LogP contribution in [-0.4, -0.2) is 59.7 Å². The first-order valence-corrected chi connectivity index (χ1v) is 9.28. The zero-order chi connectivity index (χ0) is 15.6. The number of ether oxygens (including phenoxy) is 1. The molecule has 0 N–H and O–H groups in total. The molecule has 3 fully saturated rings. The lowest BCUT2D eigenvalue weighted by molar-refractivity contribution is 0.0504. The van der Waals surface area contributed by atoms with Crippen LogP contribution in [0.15, 0.2) is 18.2 Å². The Balaban J connectivity index is 1.35. The zero-order valence-corrected chi connectivity index (χ0v) is 14.3. The lowest BCUT2D eigenvalue weighted by Crippen LogP contribution is -2.39. The fraction of sp³-hybridized carbons (Fsp3) is 0.737. The molecule has 4 nitrogen and oxygen atoms in total. The molecule has 1 aromatic rings. The van der Waals surface area contributed by atoms with Crippen LogP contribution in [0.1, 0.15) is 37.1 Å². The fourth-order valence-electron chi connectivity index (χ4n) is 4.74. The number of aromatic nitrogens is 1. The average Bonchev–Trinajstić information content (AvgIpc) is 3.13. The molecular weight excluding hydrogens is 286 g/mol. The summed E-state index contributed by atoms with van der Waals surface area (Å²) >= 11 is 0. The summed E-state index contributed by atoms with van der Waals surface area (Å²) in [5.41, 5.74) is 2.36. The van der Waals surface area contributed by atoms with Crippen LogP contribution in [0.5, 0.6) is 0 Å². The van der Waals surface area contributed by atoms with E-state index in [9.17, 15) is 0 Å². The van der Waals surface area contributed by atoms with Crippen LogP contribution in [-0.2, 0) is 11.3 Å². The molecule has 0 radical (unpaired) electrons. The predicted molar refractivity (Wildman–Crippen MR) is 91.3 cm³/mol. The minimum absolute atomic E-state index is 0.747. The van der Waals surface area contributed by atoms with Crippen molar-refractivity contribution >= 4 is 0 Å². The predicted octanol–water partition coefficient (Wildman–Crippen LogP) is 2.47. The van der Waals surface area contributed by atoms with Gasteiger partial charge in [0.1, 0.15) is 0 Å². The Kier molecular flexibility index (Phi) is 4.65. The second-order valence-corrected chi connectivity index (χ2v) is 7.50. The first-order valence-electron chi connectivity index (χ1n) is 9.28. The molecule has 0 bridgehead atoms. The highest BCUT2D eigenvalue weighted by atomic mass is 16.5. The lowest BCUT2D eigenvalue weighted by Gasteiger charge is -2.30. The largest absolute Gasteiger partial charge is 0.381 e. The summed E-state index contributed by atoms with van der Waals surface area (Å²) in [6, 6.07) is 7.92. The first-order chi connectivity index (χ1) is 11.3. The van der Waals surface area contributed by atoms with E-state index in [-0.39, 0.29) is 0 Å². The van der Waals surface area contributed by atoms with Crippen molar-refractivity contribution in [1.82, 2.24) is 14.8 Å². The molecule has 0 spiro atoms. The highest BCUT2D eigenvalue weighted by Crippen LogP contribution is 2.33. The van der Waals surface area contributed by atoms with Crippen molar-refractivity contribution in [2.24, 2.45) is 5.92 Å². The third-order valence-corrected chi connectivity index (χ3v) is 5.95. The summed E-state index contributed by atoms with van der Waals surface area (Å²) in [6.07, 6.45) is 5.18. The Morgan fingerprint density at radius 1 is 1.04 bits per heavy atom. The summed E-state index contributed by atoms with van der Waals surface area (Å²) in [6.45, 7) is 8.85. The summed E-state index contributed by atoms with van der Waals surface area (Å²) in [7, 11) is 0. The van der Waals surface area contributed by atoms with Crippen LogP contribution in [0.3, 0.4) is 0 Å². The first kappa shape index (κ1) is 15.6. The van der Waals surface area contributed by atoms with Gasteiger partial charge >= 0.3 is 0 Å². The maximum atomic E-state index is 5.51. The number of likely N-dealkylation sites (tertiary alicyclic amines) is 2.